The van der Waals surface area contributed by atoms with Crippen molar-refractivity contribution in [3.63, 3.8) is 0 Å². The molecule has 0 spiro atoms. The van der Waals surface area contributed by atoms with Gasteiger partial charge in [0.15, 0.2) is 0 Å². The summed E-state index contributed by atoms with van der Waals surface area (Å²) in [7, 11) is 0. The summed E-state index contributed by atoms with van der Waals surface area (Å²) < 4.78 is 0. The number of hydrogen-bond donors (Lipinski definition) is 2. The van der Waals surface area contributed by atoms with E-state index in [1.807, 2.05) is 18.7 Å². The lowest BCUT2D eigenvalue weighted by Gasteiger charge is -2.45. The Bertz CT molecular complexity index is 408. The first kappa shape index (κ1) is 16.2. The van der Waals surface area contributed by atoms with Crippen LogP contribution < -0.4 is 5.32 Å². The van der Waals surface area contributed by atoms with E-state index >= 15 is 0 Å². The van der Waals surface area contributed by atoms with Gasteiger partial charge in [0.25, 0.3) is 0 Å². The van der Waals surface area contributed by atoms with Crippen molar-refractivity contribution >= 4 is 11.9 Å². The molecule has 0 saturated carbocycles. The van der Waals surface area contributed by atoms with E-state index in [0.717, 1.165) is 26.2 Å². The third-order valence-corrected chi connectivity index (χ3v) is 5.10. The minimum Gasteiger partial charge on any atom is -0.481 e. The number of piperazine rings is 1. The highest BCUT2D eigenvalue weighted by molar-refractivity contribution is 5.86. The number of carboxylic acid groups (broad SMARTS) is 1. The van der Waals surface area contributed by atoms with Crippen molar-refractivity contribution in [2.45, 2.75) is 39.2 Å². The van der Waals surface area contributed by atoms with Crippen LogP contribution in [0.5, 0.6) is 0 Å². The Hall–Kier alpha value is -1.14. The Morgan fingerprint density at radius 2 is 1.62 bits per heavy atom. The molecule has 2 aliphatic rings. The minimum absolute atomic E-state index is 0.122. The molecule has 2 fully saturated rings. The van der Waals surface area contributed by atoms with Gasteiger partial charge < -0.3 is 15.3 Å². The molecule has 21 heavy (non-hydrogen) atoms. The van der Waals surface area contributed by atoms with E-state index < -0.39 is 16.9 Å². The predicted octanol–water partition coefficient (Wildman–Crippen LogP) is 0.384. The second-order valence-corrected chi connectivity index (χ2v) is 6.95. The monoisotopic (exact) mass is 297 g/mol. The molecule has 0 aromatic carbocycles. The highest BCUT2D eigenvalue weighted by Gasteiger charge is 2.43. The molecule has 2 saturated heterocycles. The van der Waals surface area contributed by atoms with E-state index in [4.69, 9.17) is 0 Å². The third kappa shape index (κ3) is 3.21. The topological polar surface area (TPSA) is 72.9 Å². The zero-order valence-electron chi connectivity index (χ0n) is 13.3. The number of carboxylic acids is 1. The van der Waals surface area contributed by atoms with Crippen LogP contribution >= 0.6 is 0 Å². The second-order valence-electron chi connectivity index (χ2n) is 6.95. The summed E-state index contributed by atoms with van der Waals surface area (Å²) in [4.78, 5) is 28.2. The number of carbonyl (C=O) groups is 2. The minimum atomic E-state index is -0.754. The fraction of sp³-hybridized carbons (Fsp3) is 0.867. The Balaban J connectivity index is 1.99. The molecule has 2 aliphatic heterocycles. The third-order valence-electron chi connectivity index (χ3n) is 5.10. The second kappa shape index (κ2) is 5.93. The van der Waals surface area contributed by atoms with Crippen molar-refractivity contribution in [1.29, 1.82) is 0 Å². The van der Waals surface area contributed by atoms with Crippen LogP contribution in [-0.2, 0) is 9.59 Å². The molecule has 0 aromatic heterocycles. The van der Waals surface area contributed by atoms with Gasteiger partial charge in [0.1, 0.15) is 0 Å². The average Bonchev–Trinajstić information content (AvgIpc) is 2.48. The number of rotatable bonds is 3. The number of piperidine rings is 1. The maximum atomic E-state index is 12.8. The molecule has 0 aliphatic carbocycles. The molecule has 2 heterocycles. The molecule has 6 nitrogen and oxygen atoms in total. The summed E-state index contributed by atoms with van der Waals surface area (Å²) in [6, 6.07) is 0. The number of nitrogens with one attached hydrogen (secondary N) is 1. The van der Waals surface area contributed by atoms with E-state index in [-0.39, 0.29) is 5.91 Å². The molecule has 0 bridgehead atoms. The van der Waals surface area contributed by atoms with Crippen LogP contribution in [0.2, 0.25) is 0 Å². The lowest BCUT2D eigenvalue weighted by molar-refractivity contribution is -0.155. The van der Waals surface area contributed by atoms with Gasteiger partial charge in [0.2, 0.25) is 5.91 Å². The summed E-state index contributed by atoms with van der Waals surface area (Å²) >= 11 is 0. The summed E-state index contributed by atoms with van der Waals surface area (Å²) in [6.45, 7) is 10.4. The quantitative estimate of drug-likeness (QED) is 0.788. The SMILES string of the molecule is CC1(C(=O)O)CCN(C(=O)C(C)(C)N2CCNCC2)CC1. The number of aliphatic carboxylic acids is 1. The Labute approximate surface area is 126 Å². The highest BCUT2D eigenvalue weighted by atomic mass is 16.4. The lowest BCUT2D eigenvalue weighted by Crippen LogP contribution is -2.61. The van der Waals surface area contributed by atoms with Crippen molar-refractivity contribution < 1.29 is 14.7 Å². The van der Waals surface area contributed by atoms with Gasteiger partial charge in [-0.2, -0.15) is 0 Å². The molecule has 0 aromatic rings. The van der Waals surface area contributed by atoms with Crippen LogP contribution in [0.4, 0.5) is 0 Å². The van der Waals surface area contributed by atoms with Gasteiger partial charge in [-0.05, 0) is 33.6 Å². The fourth-order valence-electron chi connectivity index (χ4n) is 3.16. The van der Waals surface area contributed by atoms with E-state index in [1.165, 1.54) is 0 Å². The summed E-state index contributed by atoms with van der Waals surface area (Å²) in [5.41, 5.74) is -1.20. The first-order chi connectivity index (χ1) is 9.77. The molecule has 120 valence electrons. The summed E-state index contributed by atoms with van der Waals surface area (Å²) in [5, 5.41) is 12.6. The van der Waals surface area contributed by atoms with E-state index in [2.05, 4.69) is 10.2 Å². The smallest absolute Gasteiger partial charge is 0.309 e. The molecule has 0 atom stereocenters. The predicted molar refractivity (Wildman–Crippen MR) is 80.1 cm³/mol. The summed E-state index contributed by atoms with van der Waals surface area (Å²) in [6.07, 6.45) is 1.07. The van der Waals surface area contributed by atoms with Gasteiger partial charge >= 0.3 is 5.97 Å². The van der Waals surface area contributed by atoms with E-state index in [0.29, 0.717) is 25.9 Å². The molecule has 0 unspecified atom stereocenters. The zero-order chi connectivity index (χ0) is 15.7. The maximum absolute atomic E-state index is 12.8. The lowest BCUT2D eigenvalue weighted by atomic mass is 9.80. The van der Waals surface area contributed by atoms with Crippen LogP contribution in [-0.4, -0.2) is 71.6 Å². The van der Waals surface area contributed by atoms with E-state index in [9.17, 15) is 14.7 Å². The Kier molecular flexibility index (Phi) is 4.58. The Morgan fingerprint density at radius 3 is 2.10 bits per heavy atom. The van der Waals surface area contributed by atoms with Gasteiger partial charge in [0, 0.05) is 39.3 Å². The standard InChI is InChI=1S/C15H27N3O3/c1-14(2,18-10-6-16-7-11-18)12(19)17-8-4-15(3,5-9-17)13(20)21/h16H,4-11H2,1-3H3,(H,20,21). The van der Waals surface area contributed by atoms with Gasteiger partial charge in [-0.3, -0.25) is 14.5 Å². The van der Waals surface area contributed by atoms with Crippen LogP contribution in [0, 0.1) is 5.41 Å². The normalized spacial score (nSPS) is 23.9. The van der Waals surface area contributed by atoms with Gasteiger partial charge in [-0.25, -0.2) is 0 Å². The number of likely N-dealkylation sites (tertiary alicyclic amines) is 1. The largest absolute Gasteiger partial charge is 0.481 e. The average molecular weight is 297 g/mol. The number of amides is 1. The van der Waals surface area contributed by atoms with Gasteiger partial charge in [-0.1, -0.05) is 0 Å². The van der Waals surface area contributed by atoms with Crippen LogP contribution in [0.3, 0.4) is 0 Å². The molecular formula is C15H27N3O3. The number of nitrogens with zero attached hydrogens (tertiary/aromatic N) is 2. The molecule has 2 rings (SSSR count). The highest BCUT2D eigenvalue weighted by Crippen LogP contribution is 2.32. The fourth-order valence-corrected chi connectivity index (χ4v) is 3.16. The van der Waals surface area contributed by atoms with Crippen molar-refractivity contribution in [1.82, 2.24) is 15.1 Å². The van der Waals surface area contributed by atoms with Crippen molar-refractivity contribution in [2.75, 3.05) is 39.3 Å². The summed E-state index contributed by atoms with van der Waals surface area (Å²) in [5.74, 6) is -0.632. The number of hydrogen-bond acceptors (Lipinski definition) is 4. The number of carbonyl (C=O) groups excluding carboxylic acids is 1. The van der Waals surface area contributed by atoms with Gasteiger partial charge in [-0.15, -0.1) is 0 Å². The zero-order valence-corrected chi connectivity index (χ0v) is 13.3. The van der Waals surface area contributed by atoms with Crippen LogP contribution in [0.25, 0.3) is 0 Å². The van der Waals surface area contributed by atoms with Crippen molar-refractivity contribution in [3.05, 3.63) is 0 Å². The van der Waals surface area contributed by atoms with Crippen LogP contribution in [0.15, 0.2) is 0 Å². The molecule has 0 radical (unpaired) electrons. The molecular weight excluding hydrogens is 270 g/mol. The van der Waals surface area contributed by atoms with Crippen molar-refractivity contribution in [3.8, 4) is 0 Å². The Morgan fingerprint density at radius 1 is 1.10 bits per heavy atom. The first-order valence-corrected chi connectivity index (χ1v) is 7.76. The maximum Gasteiger partial charge on any atom is 0.309 e. The molecule has 6 heteroatoms. The molecule has 2 N–H and O–H groups in total. The molecule has 1 amide bonds. The first-order valence-electron chi connectivity index (χ1n) is 7.76. The van der Waals surface area contributed by atoms with Crippen LogP contribution in [0.1, 0.15) is 33.6 Å². The van der Waals surface area contributed by atoms with Gasteiger partial charge in [0.05, 0.1) is 11.0 Å². The van der Waals surface area contributed by atoms with E-state index in [1.54, 1.807) is 6.92 Å². The van der Waals surface area contributed by atoms with Crippen molar-refractivity contribution in [2.24, 2.45) is 5.41 Å².